The maximum atomic E-state index is 12.8. The first kappa shape index (κ1) is 29.2. The zero-order valence-electron chi connectivity index (χ0n) is 20.1. The van der Waals surface area contributed by atoms with E-state index in [1.54, 1.807) is 31.2 Å². The Hall–Kier alpha value is -2.86. The summed E-state index contributed by atoms with van der Waals surface area (Å²) in [5, 5.41) is 10.0. The standard InChI is InChI=1S/C26H31N2O5.Co/c1-5-33-25(30)26(19-27,22-11-7-12-23(18-22)31-3)14-8-15-28(2)16-13-20-9-6-10-21(17-20)24(29)32-4;/h6-7,9-11,17-18H,5,8,13-16H2,1-4H3;/q-1;. The Balaban J connectivity index is 0.00000578. The molecule has 0 bridgehead atoms. The van der Waals surface area contributed by atoms with E-state index < -0.39 is 11.4 Å². The van der Waals surface area contributed by atoms with Crippen LogP contribution in [0.3, 0.4) is 0 Å². The van der Waals surface area contributed by atoms with Crippen molar-refractivity contribution in [1.29, 1.82) is 5.26 Å². The second-order valence-corrected chi connectivity index (χ2v) is 7.73. The number of nitriles is 1. The third-order valence-corrected chi connectivity index (χ3v) is 5.52. The molecule has 185 valence electrons. The van der Waals surface area contributed by atoms with Crippen LogP contribution in [0.15, 0.2) is 42.5 Å². The number of likely N-dealkylation sites (N-methyl/N-ethyl adjacent to an activating group) is 1. The van der Waals surface area contributed by atoms with E-state index in [0.29, 0.717) is 36.3 Å². The van der Waals surface area contributed by atoms with Crippen molar-refractivity contribution in [2.45, 2.75) is 31.6 Å². The Morgan fingerprint density at radius 2 is 1.94 bits per heavy atom. The van der Waals surface area contributed by atoms with Gasteiger partial charge in [0.1, 0.15) is 0 Å². The van der Waals surface area contributed by atoms with E-state index in [4.69, 9.17) is 14.2 Å². The molecule has 0 heterocycles. The summed E-state index contributed by atoms with van der Waals surface area (Å²) in [6.45, 7) is 3.37. The van der Waals surface area contributed by atoms with E-state index in [1.807, 2.05) is 25.2 Å². The maximum absolute atomic E-state index is 12.8. The maximum Gasteiger partial charge on any atom is 0.337 e. The molecule has 2 aromatic carbocycles. The molecule has 0 aromatic heterocycles. The molecule has 2 rings (SSSR count). The molecule has 0 fully saturated rings. The normalized spacial score (nSPS) is 12.1. The van der Waals surface area contributed by atoms with Crippen LogP contribution in [0.5, 0.6) is 5.75 Å². The molecule has 0 saturated heterocycles. The van der Waals surface area contributed by atoms with Crippen LogP contribution in [0, 0.1) is 17.4 Å². The van der Waals surface area contributed by atoms with E-state index in [2.05, 4.69) is 17.0 Å². The molecule has 0 saturated carbocycles. The molecule has 1 radical (unpaired) electrons. The quantitative estimate of drug-likeness (QED) is 0.319. The molecule has 1 atom stereocenters. The Morgan fingerprint density at radius 3 is 2.59 bits per heavy atom. The van der Waals surface area contributed by atoms with Crippen LogP contribution < -0.4 is 4.74 Å². The summed E-state index contributed by atoms with van der Waals surface area (Å²) in [4.78, 5) is 26.7. The van der Waals surface area contributed by atoms with E-state index in [-0.39, 0.29) is 29.4 Å². The number of benzene rings is 2. The SMILES string of the molecule is CCOC(=O)C(C#N)(CCCN(C)CCc1cccc(C(=O)OC)c1)c1cc[c-]c(OC)c1.[Co]. The fraction of sp³-hybridized carbons (Fsp3) is 0.423. The summed E-state index contributed by atoms with van der Waals surface area (Å²) in [6, 6.07) is 17.5. The first-order valence-corrected chi connectivity index (χ1v) is 10.9. The minimum absolute atomic E-state index is 0. The second-order valence-electron chi connectivity index (χ2n) is 7.73. The second kappa shape index (κ2) is 14.4. The predicted molar refractivity (Wildman–Crippen MR) is 124 cm³/mol. The van der Waals surface area contributed by atoms with E-state index in [1.165, 1.54) is 14.2 Å². The topological polar surface area (TPSA) is 88.9 Å². The summed E-state index contributed by atoms with van der Waals surface area (Å²) >= 11 is 0. The van der Waals surface area contributed by atoms with Gasteiger partial charge in [-0.15, -0.1) is 17.7 Å². The molecule has 34 heavy (non-hydrogen) atoms. The summed E-state index contributed by atoms with van der Waals surface area (Å²) < 4.78 is 15.3. The van der Waals surface area contributed by atoms with E-state index in [9.17, 15) is 14.9 Å². The van der Waals surface area contributed by atoms with Crippen LogP contribution in [-0.2, 0) is 42.9 Å². The van der Waals surface area contributed by atoms with Crippen molar-refractivity contribution in [2.24, 2.45) is 0 Å². The molecule has 0 spiro atoms. The third-order valence-electron chi connectivity index (χ3n) is 5.52. The van der Waals surface area contributed by atoms with Crippen LogP contribution in [0.25, 0.3) is 0 Å². The molecule has 1 unspecified atom stereocenters. The molecule has 7 nitrogen and oxygen atoms in total. The minimum atomic E-state index is -1.41. The summed E-state index contributed by atoms with van der Waals surface area (Å²) in [5.41, 5.74) is 0.701. The van der Waals surface area contributed by atoms with Gasteiger partial charge in [-0.2, -0.15) is 17.4 Å². The number of rotatable bonds is 12. The molecule has 0 aliphatic rings. The average Bonchev–Trinajstić information content (AvgIpc) is 2.85. The summed E-state index contributed by atoms with van der Waals surface area (Å²) in [6.07, 6.45) is 1.69. The number of carbonyl (C=O) groups excluding carboxylic acids is 2. The fourth-order valence-corrected chi connectivity index (χ4v) is 3.63. The average molecular weight is 510 g/mol. The molecule has 8 heteroatoms. The van der Waals surface area contributed by atoms with E-state index >= 15 is 0 Å². The van der Waals surface area contributed by atoms with Crippen molar-refractivity contribution in [2.75, 3.05) is 41.0 Å². The van der Waals surface area contributed by atoms with Gasteiger partial charge in [-0.1, -0.05) is 12.1 Å². The number of hydrogen-bond acceptors (Lipinski definition) is 7. The van der Waals surface area contributed by atoms with Gasteiger partial charge in [0.15, 0.2) is 5.41 Å². The van der Waals surface area contributed by atoms with Crippen molar-refractivity contribution in [3.63, 3.8) is 0 Å². The molecular weight excluding hydrogens is 479 g/mol. The van der Waals surface area contributed by atoms with Gasteiger partial charge in [0.25, 0.3) is 0 Å². The summed E-state index contributed by atoms with van der Waals surface area (Å²) in [7, 11) is 4.87. The first-order chi connectivity index (χ1) is 15.9. The molecule has 2 aromatic rings. The zero-order valence-corrected chi connectivity index (χ0v) is 21.1. The molecular formula is C26H31CoN2O5-. The van der Waals surface area contributed by atoms with Gasteiger partial charge in [0.05, 0.1) is 32.5 Å². The third kappa shape index (κ3) is 7.59. The van der Waals surface area contributed by atoms with Crippen LogP contribution in [-0.4, -0.2) is 57.8 Å². The van der Waals surface area contributed by atoms with Crippen LogP contribution in [0.1, 0.15) is 41.3 Å². The van der Waals surface area contributed by atoms with Crippen molar-refractivity contribution in [3.8, 4) is 11.8 Å². The minimum Gasteiger partial charge on any atom is -0.523 e. The van der Waals surface area contributed by atoms with Gasteiger partial charge in [0.2, 0.25) is 0 Å². The van der Waals surface area contributed by atoms with Gasteiger partial charge in [-0.05, 0) is 57.5 Å². The monoisotopic (exact) mass is 510 g/mol. The number of hydrogen-bond donors (Lipinski definition) is 0. The van der Waals surface area contributed by atoms with Gasteiger partial charge in [0, 0.05) is 29.1 Å². The Kier molecular flexibility index (Phi) is 12.4. The molecule has 0 aliphatic heterocycles. The zero-order chi connectivity index (χ0) is 24.3. The predicted octanol–water partition coefficient (Wildman–Crippen LogP) is 3.56. The molecule has 0 aliphatic carbocycles. The van der Waals surface area contributed by atoms with Gasteiger partial charge < -0.3 is 19.1 Å². The number of esters is 2. The fourth-order valence-electron chi connectivity index (χ4n) is 3.63. The number of ether oxygens (including phenoxy) is 3. The summed E-state index contributed by atoms with van der Waals surface area (Å²) in [5.74, 6) is -0.446. The Labute approximate surface area is 212 Å². The Morgan fingerprint density at radius 1 is 1.18 bits per heavy atom. The number of carbonyl (C=O) groups is 2. The number of nitrogens with zero attached hydrogens (tertiary/aromatic N) is 2. The van der Waals surface area contributed by atoms with Crippen molar-refractivity contribution in [1.82, 2.24) is 4.90 Å². The van der Waals surface area contributed by atoms with Crippen LogP contribution >= 0.6 is 0 Å². The Bertz CT molecular complexity index is 991. The van der Waals surface area contributed by atoms with Crippen molar-refractivity contribution in [3.05, 3.63) is 65.2 Å². The first-order valence-electron chi connectivity index (χ1n) is 10.9. The molecule has 0 amide bonds. The van der Waals surface area contributed by atoms with E-state index in [0.717, 1.165) is 18.5 Å². The van der Waals surface area contributed by atoms with Crippen LogP contribution in [0.2, 0.25) is 0 Å². The van der Waals surface area contributed by atoms with Gasteiger partial charge in [-0.25, -0.2) is 4.79 Å². The molecule has 0 N–H and O–H groups in total. The largest absolute Gasteiger partial charge is 0.523 e. The number of methoxy groups -OCH3 is 2. The van der Waals surface area contributed by atoms with Gasteiger partial charge >= 0.3 is 11.9 Å². The van der Waals surface area contributed by atoms with Gasteiger partial charge in [-0.3, -0.25) is 4.79 Å². The smallest absolute Gasteiger partial charge is 0.337 e. The van der Waals surface area contributed by atoms with Crippen molar-refractivity contribution < 1.29 is 40.6 Å². The van der Waals surface area contributed by atoms with Crippen molar-refractivity contribution >= 4 is 11.9 Å². The van der Waals surface area contributed by atoms with Crippen LogP contribution in [0.4, 0.5) is 0 Å².